The fourth-order valence-electron chi connectivity index (χ4n) is 1.41. The molecule has 0 unspecified atom stereocenters. The van der Waals surface area contributed by atoms with Gasteiger partial charge in [-0.05, 0) is 40.3 Å². The van der Waals surface area contributed by atoms with Gasteiger partial charge in [0.1, 0.15) is 0 Å². The molecule has 0 aliphatic carbocycles. The largest absolute Gasteiger partial charge is 0.504 e. The maximum Gasteiger partial charge on any atom is 0.259 e. The summed E-state index contributed by atoms with van der Waals surface area (Å²) in [5.74, 6) is 0.639. The van der Waals surface area contributed by atoms with Crippen molar-refractivity contribution in [1.29, 1.82) is 0 Å². The van der Waals surface area contributed by atoms with Crippen molar-refractivity contribution in [2.45, 2.75) is 0 Å². The number of phenols is 1. The highest BCUT2D eigenvalue weighted by Crippen LogP contribution is 2.32. The molecule has 1 aromatic rings. The number of halogens is 1. The summed E-state index contributed by atoms with van der Waals surface area (Å²) >= 11 is 8.30. The Bertz CT molecular complexity index is 561. The van der Waals surface area contributed by atoms with Gasteiger partial charge in [-0.25, -0.2) is 0 Å². The highest BCUT2D eigenvalue weighted by Gasteiger charge is 2.25. The van der Waals surface area contributed by atoms with Crippen LogP contribution in [0.15, 0.2) is 17.2 Å². The van der Waals surface area contributed by atoms with Crippen LogP contribution in [0.3, 0.4) is 0 Å². The molecule has 1 aromatic carbocycles. The fourth-order valence-corrected chi connectivity index (χ4v) is 3.00. The summed E-state index contributed by atoms with van der Waals surface area (Å²) in [6.45, 7) is 0. The molecule has 0 spiro atoms. The lowest BCUT2D eigenvalue weighted by Gasteiger charge is -2.08. The number of benzene rings is 1. The third-order valence-electron chi connectivity index (χ3n) is 2.32. The van der Waals surface area contributed by atoms with Crippen LogP contribution in [-0.4, -0.2) is 39.4 Å². The Morgan fingerprint density at radius 3 is 2.95 bits per heavy atom. The molecule has 1 N–H and O–H groups in total. The van der Waals surface area contributed by atoms with Crippen molar-refractivity contribution in [3.05, 3.63) is 21.3 Å². The summed E-state index contributed by atoms with van der Waals surface area (Å²) in [6, 6.07) is 3.37. The van der Waals surface area contributed by atoms with Crippen molar-refractivity contribution in [3.8, 4) is 11.5 Å². The van der Waals surface area contributed by atoms with E-state index in [1.54, 1.807) is 12.1 Å². The molecule has 0 bridgehead atoms. The molecule has 1 amide bonds. The SMILES string of the molecule is COc1cc(/C=N/N2C(=O)CSC2=S)cc(I)c1O. The Morgan fingerprint density at radius 2 is 2.37 bits per heavy atom. The number of thiocarbonyl (C=S) groups is 1. The summed E-state index contributed by atoms with van der Waals surface area (Å²) in [5, 5.41) is 15.0. The number of phenolic OH excluding ortho intramolecular Hbond substituents is 1. The number of methoxy groups -OCH3 is 1. The highest BCUT2D eigenvalue weighted by molar-refractivity contribution is 14.1. The summed E-state index contributed by atoms with van der Waals surface area (Å²) in [6.07, 6.45) is 1.51. The molecule has 8 heteroatoms. The molecule has 0 aromatic heterocycles. The highest BCUT2D eigenvalue weighted by atomic mass is 127. The molecule has 19 heavy (non-hydrogen) atoms. The van der Waals surface area contributed by atoms with Crippen LogP contribution in [-0.2, 0) is 4.79 Å². The van der Waals surface area contributed by atoms with Crippen molar-refractivity contribution in [1.82, 2.24) is 5.01 Å². The summed E-state index contributed by atoms with van der Waals surface area (Å²) in [5.41, 5.74) is 0.714. The molecule has 5 nitrogen and oxygen atoms in total. The number of thioether (sulfide) groups is 1. The van der Waals surface area contributed by atoms with Crippen LogP contribution in [0.1, 0.15) is 5.56 Å². The van der Waals surface area contributed by atoms with E-state index >= 15 is 0 Å². The van der Waals surface area contributed by atoms with Crippen LogP contribution in [0, 0.1) is 3.57 Å². The number of carbonyl (C=O) groups excluding carboxylic acids is 1. The Labute approximate surface area is 133 Å². The maximum atomic E-state index is 11.5. The minimum Gasteiger partial charge on any atom is -0.504 e. The van der Waals surface area contributed by atoms with Crippen molar-refractivity contribution >= 4 is 63.0 Å². The van der Waals surface area contributed by atoms with Gasteiger partial charge in [-0.15, -0.1) is 0 Å². The second-order valence-electron chi connectivity index (χ2n) is 3.56. The van der Waals surface area contributed by atoms with Crippen LogP contribution in [0.2, 0.25) is 0 Å². The van der Waals surface area contributed by atoms with Gasteiger partial charge in [0.15, 0.2) is 15.8 Å². The van der Waals surface area contributed by atoms with Crippen LogP contribution in [0.25, 0.3) is 0 Å². The number of nitrogens with zero attached hydrogens (tertiary/aromatic N) is 2. The zero-order valence-electron chi connectivity index (χ0n) is 9.79. The number of aromatic hydroxyl groups is 1. The molecule has 2 rings (SSSR count). The lowest BCUT2D eigenvalue weighted by atomic mass is 10.2. The average Bonchev–Trinajstić information content (AvgIpc) is 2.70. The van der Waals surface area contributed by atoms with Crippen molar-refractivity contribution in [2.24, 2.45) is 5.10 Å². The first-order chi connectivity index (χ1) is 9.02. The van der Waals surface area contributed by atoms with Crippen LogP contribution in [0.5, 0.6) is 11.5 Å². The van der Waals surface area contributed by atoms with E-state index in [0.717, 1.165) is 0 Å². The summed E-state index contributed by atoms with van der Waals surface area (Å²) < 4.78 is 6.14. The lowest BCUT2D eigenvalue weighted by molar-refractivity contribution is -0.123. The van der Waals surface area contributed by atoms with Gasteiger partial charge in [0.05, 0.1) is 22.6 Å². The molecule has 0 saturated carbocycles. The number of ether oxygens (including phenoxy) is 1. The van der Waals surface area contributed by atoms with Crippen molar-refractivity contribution < 1.29 is 14.6 Å². The molecule has 0 radical (unpaired) electrons. The number of hydrogen-bond acceptors (Lipinski definition) is 6. The van der Waals surface area contributed by atoms with Gasteiger partial charge in [0, 0.05) is 0 Å². The predicted octanol–water partition coefficient (Wildman–Crippen LogP) is 2.20. The number of hydrogen-bond donors (Lipinski definition) is 1. The van der Waals surface area contributed by atoms with Crippen LogP contribution in [0.4, 0.5) is 0 Å². The minimum atomic E-state index is -0.133. The molecule has 1 fully saturated rings. The average molecular weight is 408 g/mol. The van der Waals surface area contributed by atoms with Gasteiger partial charge in [-0.2, -0.15) is 10.1 Å². The molecule has 1 saturated heterocycles. The summed E-state index contributed by atoms with van der Waals surface area (Å²) in [4.78, 5) is 11.5. The fraction of sp³-hybridized carbons (Fsp3) is 0.182. The topological polar surface area (TPSA) is 62.1 Å². The van der Waals surface area contributed by atoms with Gasteiger partial charge in [0.25, 0.3) is 5.91 Å². The van der Waals surface area contributed by atoms with E-state index in [1.807, 2.05) is 22.6 Å². The number of carbonyl (C=O) groups is 1. The minimum absolute atomic E-state index is 0.0866. The number of hydrazone groups is 1. The first kappa shape index (κ1) is 14.5. The number of rotatable bonds is 3. The molecular weight excluding hydrogens is 399 g/mol. The molecule has 100 valence electrons. The van der Waals surface area contributed by atoms with Crippen LogP contribution >= 0.6 is 46.6 Å². The molecule has 1 heterocycles. The molecular formula is C11H9IN2O3S2. The van der Waals surface area contributed by atoms with E-state index in [0.29, 0.717) is 25.0 Å². The monoisotopic (exact) mass is 408 g/mol. The Morgan fingerprint density at radius 1 is 1.63 bits per heavy atom. The van der Waals surface area contributed by atoms with Crippen molar-refractivity contribution in [2.75, 3.05) is 12.9 Å². The zero-order chi connectivity index (χ0) is 14.0. The molecule has 1 aliphatic rings. The first-order valence-electron chi connectivity index (χ1n) is 5.13. The van der Waals surface area contributed by atoms with E-state index in [2.05, 4.69) is 5.10 Å². The van der Waals surface area contributed by atoms with Gasteiger partial charge < -0.3 is 9.84 Å². The van der Waals surface area contributed by atoms with E-state index in [4.69, 9.17) is 17.0 Å². The third kappa shape index (κ3) is 3.18. The second-order valence-corrected chi connectivity index (χ2v) is 6.33. The van der Waals surface area contributed by atoms with Gasteiger partial charge in [0.2, 0.25) is 0 Å². The maximum absolute atomic E-state index is 11.5. The smallest absolute Gasteiger partial charge is 0.259 e. The quantitative estimate of drug-likeness (QED) is 0.472. The third-order valence-corrected chi connectivity index (χ3v) is 4.48. The van der Waals surface area contributed by atoms with E-state index < -0.39 is 0 Å². The molecule has 1 aliphatic heterocycles. The van der Waals surface area contributed by atoms with Gasteiger partial charge >= 0.3 is 0 Å². The predicted molar refractivity (Wildman–Crippen MR) is 86.9 cm³/mol. The van der Waals surface area contributed by atoms with Gasteiger partial charge in [-0.3, -0.25) is 4.79 Å². The Balaban J connectivity index is 2.26. The van der Waals surface area contributed by atoms with E-state index in [1.165, 1.54) is 30.1 Å². The standard InChI is InChI=1S/C11H9IN2O3S2/c1-17-8-3-6(2-7(12)10(8)16)4-13-14-9(15)5-19-11(14)18/h2-4,16H,5H2,1H3/b13-4+. The van der Waals surface area contributed by atoms with Gasteiger partial charge in [-0.1, -0.05) is 24.0 Å². The van der Waals surface area contributed by atoms with E-state index in [9.17, 15) is 9.90 Å². The first-order valence-corrected chi connectivity index (χ1v) is 7.60. The second kappa shape index (κ2) is 6.06. The van der Waals surface area contributed by atoms with Crippen molar-refractivity contribution in [3.63, 3.8) is 0 Å². The Kier molecular flexibility index (Phi) is 4.63. The zero-order valence-corrected chi connectivity index (χ0v) is 13.6. The Hall–Kier alpha value is -0.870. The normalized spacial score (nSPS) is 15.6. The summed E-state index contributed by atoms with van der Waals surface area (Å²) in [7, 11) is 1.47. The van der Waals surface area contributed by atoms with E-state index in [-0.39, 0.29) is 11.7 Å². The van der Waals surface area contributed by atoms with Crippen LogP contribution < -0.4 is 4.74 Å². The molecule has 0 atom stereocenters. The number of amides is 1. The lowest BCUT2D eigenvalue weighted by Crippen LogP contribution is -2.22.